The van der Waals surface area contributed by atoms with Gasteiger partial charge >= 0.3 is 6.18 Å². The molecule has 1 aromatic heterocycles. The zero-order chi connectivity index (χ0) is 15.6. The Hall–Kier alpha value is -2.02. The van der Waals surface area contributed by atoms with Crippen molar-refractivity contribution in [3.05, 3.63) is 47.5 Å². The normalized spacial score (nSPS) is 13.2. The largest absolute Gasteiger partial charge is 0.417 e. The van der Waals surface area contributed by atoms with Crippen molar-refractivity contribution in [3.8, 4) is 11.4 Å². The van der Waals surface area contributed by atoms with E-state index in [9.17, 15) is 17.6 Å². The summed E-state index contributed by atoms with van der Waals surface area (Å²) in [6.45, 7) is 1.76. The minimum atomic E-state index is -4.61. The third kappa shape index (κ3) is 3.75. The second kappa shape index (κ2) is 5.77. The molecule has 0 aliphatic rings. The zero-order valence-electron chi connectivity index (χ0n) is 11.2. The van der Waals surface area contributed by atoms with Gasteiger partial charge in [-0.05, 0) is 31.2 Å². The van der Waals surface area contributed by atoms with Crippen molar-refractivity contribution in [2.75, 3.05) is 0 Å². The Morgan fingerprint density at radius 1 is 1.24 bits per heavy atom. The van der Waals surface area contributed by atoms with Crippen molar-refractivity contribution >= 4 is 0 Å². The zero-order valence-corrected chi connectivity index (χ0v) is 11.2. The second-order valence-corrected chi connectivity index (χ2v) is 4.74. The maximum absolute atomic E-state index is 13.3. The maximum atomic E-state index is 13.3. The molecule has 1 unspecified atom stereocenters. The van der Waals surface area contributed by atoms with Crippen LogP contribution in [0.3, 0.4) is 0 Å². The van der Waals surface area contributed by atoms with Crippen molar-refractivity contribution < 1.29 is 17.6 Å². The Balaban J connectivity index is 2.53. The van der Waals surface area contributed by atoms with Crippen LogP contribution in [0.5, 0.6) is 0 Å². The summed E-state index contributed by atoms with van der Waals surface area (Å²) in [6.07, 6.45) is -2.87. The van der Waals surface area contributed by atoms with Crippen LogP contribution in [-0.2, 0) is 12.6 Å². The van der Waals surface area contributed by atoms with E-state index in [1.165, 1.54) is 6.20 Å². The predicted molar refractivity (Wildman–Crippen MR) is 69.8 cm³/mol. The van der Waals surface area contributed by atoms with E-state index in [1.54, 1.807) is 13.0 Å². The van der Waals surface area contributed by atoms with Gasteiger partial charge in [-0.25, -0.2) is 14.4 Å². The number of halogens is 4. The van der Waals surface area contributed by atoms with Gasteiger partial charge in [-0.3, -0.25) is 0 Å². The first kappa shape index (κ1) is 15.4. The van der Waals surface area contributed by atoms with Crippen LogP contribution in [0.25, 0.3) is 11.4 Å². The van der Waals surface area contributed by atoms with E-state index >= 15 is 0 Å². The van der Waals surface area contributed by atoms with E-state index < -0.39 is 17.6 Å². The first-order valence-corrected chi connectivity index (χ1v) is 6.22. The smallest absolute Gasteiger partial charge is 0.328 e. The lowest BCUT2D eigenvalue weighted by molar-refractivity contribution is -0.137. The first-order valence-electron chi connectivity index (χ1n) is 6.22. The van der Waals surface area contributed by atoms with Gasteiger partial charge in [0.05, 0.1) is 5.56 Å². The summed E-state index contributed by atoms with van der Waals surface area (Å²) < 4.78 is 52.2. The van der Waals surface area contributed by atoms with Crippen LogP contribution < -0.4 is 5.73 Å². The highest BCUT2D eigenvalue weighted by Gasteiger charge is 2.34. The van der Waals surface area contributed by atoms with Crippen molar-refractivity contribution in [3.63, 3.8) is 0 Å². The second-order valence-electron chi connectivity index (χ2n) is 4.74. The van der Waals surface area contributed by atoms with E-state index in [4.69, 9.17) is 5.73 Å². The fourth-order valence-electron chi connectivity index (χ4n) is 1.92. The highest BCUT2D eigenvalue weighted by Crippen LogP contribution is 2.36. The maximum Gasteiger partial charge on any atom is 0.417 e. The number of nitrogens with two attached hydrogens (primary N) is 1. The first-order chi connectivity index (χ1) is 9.77. The molecule has 0 aliphatic heterocycles. The van der Waals surface area contributed by atoms with Gasteiger partial charge < -0.3 is 5.73 Å². The number of alkyl halides is 3. The van der Waals surface area contributed by atoms with Gasteiger partial charge in [0.15, 0.2) is 5.82 Å². The van der Waals surface area contributed by atoms with Crippen LogP contribution in [0.2, 0.25) is 0 Å². The molecule has 0 fully saturated rings. The third-order valence-corrected chi connectivity index (χ3v) is 2.77. The van der Waals surface area contributed by atoms with Gasteiger partial charge in [0.2, 0.25) is 0 Å². The summed E-state index contributed by atoms with van der Waals surface area (Å²) >= 11 is 0. The fraction of sp³-hybridized carbons (Fsp3) is 0.286. The van der Waals surface area contributed by atoms with E-state index in [2.05, 4.69) is 9.97 Å². The lowest BCUT2D eigenvalue weighted by Gasteiger charge is -2.13. The Bertz CT molecular complexity index is 638. The third-order valence-electron chi connectivity index (χ3n) is 2.77. The molecule has 112 valence electrons. The molecule has 21 heavy (non-hydrogen) atoms. The number of aromatic nitrogens is 2. The van der Waals surface area contributed by atoms with E-state index in [0.717, 1.165) is 12.1 Å². The predicted octanol–water partition coefficient (Wildman–Crippen LogP) is 3.19. The SMILES string of the molecule is CC(N)Cc1ccnc(-c2cc(F)ccc2C(F)(F)F)n1. The van der Waals surface area contributed by atoms with Crippen molar-refractivity contribution in [1.82, 2.24) is 9.97 Å². The summed E-state index contributed by atoms with van der Waals surface area (Å²) in [4.78, 5) is 7.85. The van der Waals surface area contributed by atoms with Crippen LogP contribution in [-0.4, -0.2) is 16.0 Å². The van der Waals surface area contributed by atoms with Gasteiger partial charge in [0, 0.05) is 29.9 Å². The quantitative estimate of drug-likeness (QED) is 0.886. The van der Waals surface area contributed by atoms with Crippen LogP contribution in [0.4, 0.5) is 17.6 Å². The molecule has 3 nitrogen and oxygen atoms in total. The van der Waals surface area contributed by atoms with Gasteiger partial charge in [-0.1, -0.05) is 0 Å². The highest BCUT2D eigenvalue weighted by atomic mass is 19.4. The molecule has 1 aromatic carbocycles. The average Bonchev–Trinajstić information content (AvgIpc) is 2.36. The summed E-state index contributed by atoms with van der Waals surface area (Å²) in [5.74, 6) is -0.945. The number of hydrogen-bond donors (Lipinski definition) is 1. The summed E-state index contributed by atoms with van der Waals surface area (Å²) in [6, 6.07) is 3.61. The molecule has 0 bridgehead atoms. The number of hydrogen-bond acceptors (Lipinski definition) is 3. The molecule has 0 radical (unpaired) electrons. The lowest BCUT2D eigenvalue weighted by atomic mass is 10.1. The number of nitrogens with zero attached hydrogens (tertiary/aromatic N) is 2. The molecular weight excluding hydrogens is 286 g/mol. The monoisotopic (exact) mass is 299 g/mol. The number of benzene rings is 1. The Morgan fingerprint density at radius 3 is 2.57 bits per heavy atom. The van der Waals surface area contributed by atoms with Crippen molar-refractivity contribution in [2.45, 2.75) is 25.6 Å². The van der Waals surface area contributed by atoms with Crippen LogP contribution in [0.15, 0.2) is 30.5 Å². The summed E-state index contributed by atoms with van der Waals surface area (Å²) in [7, 11) is 0. The van der Waals surface area contributed by atoms with Crippen LogP contribution in [0.1, 0.15) is 18.2 Å². The van der Waals surface area contributed by atoms with E-state index in [0.29, 0.717) is 18.2 Å². The van der Waals surface area contributed by atoms with Gasteiger partial charge in [0.1, 0.15) is 5.82 Å². The molecule has 2 N–H and O–H groups in total. The van der Waals surface area contributed by atoms with Gasteiger partial charge in [-0.15, -0.1) is 0 Å². The lowest BCUT2D eigenvalue weighted by Crippen LogP contribution is -2.18. The van der Waals surface area contributed by atoms with Crippen LogP contribution >= 0.6 is 0 Å². The van der Waals surface area contributed by atoms with Crippen molar-refractivity contribution in [2.24, 2.45) is 5.73 Å². The average molecular weight is 299 g/mol. The minimum Gasteiger partial charge on any atom is -0.328 e. The molecule has 2 rings (SSSR count). The fourth-order valence-corrected chi connectivity index (χ4v) is 1.92. The minimum absolute atomic E-state index is 0.167. The summed E-state index contributed by atoms with van der Waals surface area (Å²) in [5, 5.41) is 0. The molecule has 7 heteroatoms. The highest BCUT2D eigenvalue weighted by molar-refractivity contribution is 5.61. The van der Waals surface area contributed by atoms with Gasteiger partial charge in [0.25, 0.3) is 0 Å². The molecule has 0 amide bonds. The topological polar surface area (TPSA) is 51.8 Å². The number of rotatable bonds is 3. The Kier molecular flexibility index (Phi) is 4.22. The molecule has 0 spiro atoms. The molecular formula is C14H13F4N3. The summed E-state index contributed by atoms with van der Waals surface area (Å²) in [5.41, 5.74) is 4.79. The standard InChI is InChI=1S/C14H13F4N3/c1-8(19)6-10-4-5-20-13(21-10)11-7-9(15)2-3-12(11)14(16,17)18/h2-5,7-8H,6,19H2,1H3. The molecule has 1 atom stereocenters. The van der Waals surface area contributed by atoms with E-state index in [-0.39, 0.29) is 17.4 Å². The molecule has 2 aromatic rings. The van der Waals surface area contributed by atoms with E-state index in [1.807, 2.05) is 0 Å². The molecule has 0 saturated heterocycles. The Labute approximate surface area is 118 Å². The van der Waals surface area contributed by atoms with Crippen molar-refractivity contribution in [1.29, 1.82) is 0 Å². The molecule has 1 heterocycles. The molecule has 0 saturated carbocycles. The Morgan fingerprint density at radius 2 is 1.95 bits per heavy atom. The molecule has 0 aliphatic carbocycles. The van der Waals surface area contributed by atoms with Crippen LogP contribution in [0, 0.1) is 5.82 Å². The van der Waals surface area contributed by atoms with Gasteiger partial charge in [-0.2, -0.15) is 13.2 Å².